The molecule has 0 N–H and O–H groups in total. The highest BCUT2D eigenvalue weighted by Crippen LogP contribution is 2.42. The Kier molecular flexibility index (Phi) is 0.981. The first-order valence-electron chi connectivity index (χ1n) is 3.55. The SMILES string of the molecule is O=CC1CCC2=CC1C2. The molecule has 0 aromatic rings. The molecule has 1 heteroatoms. The maximum Gasteiger partial charge on any atom is 0.123 e. The second-order valence-corrected chi connectivity index (χ2v) is 3.03. The van der Waals surface area contributed by atoms with Crippen molar-refractivity contribution in [3.8, 4) is 0 Å². The highest BCUT2D eigenvalue weighted by molar-refractivity contribution is 5.57. The van der Waals surface area contributed by atoms with E-state index in [1.54, 1.807) is 5.57 Å². The molecule has 0 saturated heterocycles. The summed E-state index contributed by atoms with van der Waals surface area (Å²) in [6.07, 6.45) is 6.89. The summed E-state index contributed by atoms with van der Waals surface area (Å²) in [6.45, 7) is 0. The first-order chi connectivity index (χ1) is 4.40. The van der Waals surface area contributed by atoms with E-state index in [4.69, 9.17) is 0 Å². The van der Waals surface area contributed by atoms with Crippen molar-refractivity contribution in [3.63, 3.8) is 0 Å². The van der Waals surface area contributed by atoms with Gasteiger partial charge in [0, 0.05) is 5.92 Å². The Bertz CT molecular complexity index is 169. The second kappa shape index (κ2) is 1.69. The molecular weight excluding hydrogens is 112 g/mol. The minimum atomic E-state index is 0.363. The molecule has 1 fully saturated rings. The zero-order valence-corrected chi connectivity index (χ0v) is 5.34. The van der Waals surface area contributed by atoms with Gasteiger partial charge in [0.2, 0.25) is 0 Å². The molecule has 2 unspecified atom stereocenters. The number of fused-ring (bicyclic) bond motifs is 2. The van der Waals surface area contributed by atoms with Crippen LogP contribution in [0.25, 0.3) is 0 Å². The fraction of sp³-hybridized carbons (Fsp3) is 0.625. The molecule has 3 aliphatic carbocycles. The van der Waals surface area contributed by atoms with Crippen molar-refractivity contribution in [2.75, 3.05) is 0 Å². The molecule has 0 aromatic carbocycles. The number of carbonyl (C=O) groups excluding carboxylic acids is 1. The zero-order chi connectivity index (χ0) is 6.27. The third-order valence-corrected chi connectivity index (χ3v) is 2.47. The molecule has 3 rings (SSSR count). The van der Waals surface area contributed by atoms with Crippen molar-refractivity contribution in [1.82, 2.24) is 0 Å². The summed E-state index contributed by atoms with van der Waals surface area (Å²) in [5.74, 6) is 0.994. The molecule has 3 aliphatic rings. The molecule has 2 bridgehead atoms. The molecule has 2 atom stereocenters. The van der Waals surface area contributed by atoms with E-state index < -0.39 is 0 Å². The Hall–Kier alpha value is -0.590. The van der Waals surface area contributed by atoms with Gasteiger partial charge in [-0.1, -0.05) is 11.6 Å². The highest BCUT2D eigenvalue weighted by atomic mass is 16.1. The van der Waals surface area contributed by atoms with Crippen LogP contribution in [0.15, 0.2) is 11.6 Å². The lowest BCUT2D eigenvalue weighted by molar-refractivity contribution is -0.112. The summed E-state index contributed by atoms with van der Waals surface area (Å²) >= 11 is 0. The van der Waals surface area contributed by atoms with Gasteiger partial charge in [0.25, 0.3) is 0 Å². The van der Waals surface area contributed by atoms with Gasteiger partial charge in [0.1, 0.15) is 6.29 Å². The quantitative estimate of drug-likeness (QED) is 0.381. The number of aldehydes is 1. The number of allylic oxidation sites excluding steroid dienone is 2. The van der Waals surface area contributed by atoms with Crippen molar-refractivity contribution in [2.45, 2.75) is 19.3 Å². The lowest BCUT2D eigenvalue weighted by Crippen LogP contribution is -2.27. The standard InChI is InChI=1S/C8H10O/c9-5-7-2-1-6-3-8(7)4-6/h3,5,7-8H,1-2,4H2. The van der Waals surface area contributed by atoms with Gasteiger partial charge < -0.3 is 4.79 Å². The predicted octanol–water partition coefficient (Wildman–Crippen LogP) is 1.54. The average molecular weight is 122 g/mol. The first kappa shape index (κ1) is 5.21. The van der Waals surface area contributed by atoms with Crippen molar-refractivity contribution >= 4 is 6.29 Å². The summed E-state index contributed by atoms with van der Waals surface area (Å²) < 4.78 is 0. The third-order valence-electron chi connectivity index (χ3n) is 2.47. The topological polar surface area (TPSA) is 17.1 Å². The maximum atomic E-state index is 10.4. The van der Waals surface area contributed by atoms with E-state index in [1.165, 1.54) is 12.8 Å². The summed E-state index contributed by atoms with van der Waals surface area (Å²) in [6, 6.07) is 0. The van der Waals surface area contributed by atoms with Gasteiger partial charge >= 0.3 is 0 Å². The van der Waals surface area contributed by atoms with Crippen LogP contribution in [0, 0.1) is 11.8 Å². The van der Waals surface area contributed by atoms with Crippen molar-refractivity contribution < 1.29 is 4.79 Å². The molecule has 0 radical (unpaired) electrons. The molecule has 0 amide bonds. The monoisotopic (exact) mass is 122 g/mol. The van der Waals surface area contributed by atoms with Gasteiger partial charge in [0.15, 0.2) is 0 Å². The van der Waals surface area contributed by atoms with E-state index in [1.807, 2.05) is 0 Å². The van der Waals surface area contributed by atoms with Crippen molar-refractivity contribution in [2.24, 2.45) is 11.8 Å². The fourth-order valence-corrected chi connectivity index (χ4v) is 1.77. The average Bonchev–Trinajstić information content (AvgIpc) is 1.86. The Balaban J connectivity index is 2.14. The van der Waals surface area contributed by atoms with Crippen molar-refractivity contribution in [1.29, 1.82) is 0 Å². The number of rotatable bonds is 1. The van der Waals surface area contributed by atoms with Crippen LogP contribution in [0.2, 0.25) is 0 Å². The lowest BCUT2D eigenvalue weighted by atomic mass is 9.69. The van der Waals surface area contributed by atoms with E-state index in [0.717, 1.165) is 12.7 Å². The molecule has 1 nitrogen and oxygen atoms in total. The molecule has 0 heterocycles. The minimum Gasteiger partial charge on any atom is -0.303 e. The Morgan fingerprint density at radius 1 is 1.67 bits per heavy atom. The Labute approximate surface area is 54.8 Å². The van der Waals surface area contributed by atoms with E-state index in [0.29, 0.717) is 11.8 Å². The molecule has 0 aliphatic heterocycles. The smallest absolute Gasteiger partial charge is 0.123 e. The molecule has 9 heavy (non-hydrogen) atoms. The largest absolute Gasteiger partial charge is 0.303 e. The van der Waals surface area contributed by atoms with Gasteiger partial charge in [-0.05, 0) is 25.2 Å². The van der Waals surface area contributed by atoms with Gasteiger partial charge in [-0.2, -0.15) is 0 Å². The van der Waals surface area contributed by atoms with Crippen LogP contribution in [0.4, 0.5) is 0 Å². The number of carbonyl (C=O) groups is 1. The van der Waals surface area contributed by atoms with Crippen LogP contribution >= 0.6 is 0 Å². The van der Waals surface area contributed by atoms with Crippen LogP contribution in [-0.4, -0.2) is 6.29 Å². The summed E-state index contributed by atoms with van der Waals surface area (Å²) in [5, 5.41) is 0. The normalized spacial score (nSPS) is 38.9. The number of hydrogen-bond acceptors (Lipinski definition) is 1. The van der Waals surface area contributed by atoms with Crippen LogP contribution in [0.3, 0.4) is 0 Å². The van der Waals surface area contributed by atoms with E-state index in [9.17, 15) is 4.79 Å². The van der Waals surface area contributed by atoms with Crippen LogP contribution < -0.4 is 0 Å². The molecule has 0 aromatic heterocycles. The highest BCUT2D eigenvalue weighted by Gasteiger charge is 2.31. The minimum absolute atomic E-state index is 0.363. The van der Waals surface area contributed by atoms with Crippen LogP contribution in [-0.2, 0) is 4.79 Å². The first-order valence-corrected chi connectivity index (χ1v) is 3.55. The Morgan fingerprint density at radius 2 is 2.44 bits per heavy atom. The van der Waals surface area contributed by atoms with Gasteiger partial charge in [-0.3, -0.25) is 0 Å². The lowest BCUT2D eigenvalue weighted by Gasteiger charge is -2.35. The van der Waals surface area contributed by atoms with Crippen LogP contribution in [0.5, 0.6) is 0 Å². The predicted molar refractivity (Wildman–Crippen MR) is 35.0 cm³/mol. The summed E-state index contributed by atoms with van der Waals surface area (Å²) in [5.41, 5.74) is 1.58. The van der Waals surface area contributed by atoms with Gasteiger partial charge in [-0.25, -0.2) is 0 Å². The Morgan fingerprint density at radius 3 is 2.78 bits per heavy atom. The molecule has 48 valence electrons. The molecule has 1 saturated carbocycles. The summed E-state index contributed by atoms with van der Waals surface area (Å²) in [7, 11) is 0. The van der Waals surface area contributed by atoms with E-state index in [2.05, 4.69) is 6.08 Å². The van der Waals surface area contributed by atoms with Gasteiger partial charge in [0.05, 0.1) is 0 Å². The third kappa shape index (κ3) is 0.640. The van der Waals surface area contributed by atoms with E-state index >= 15 is 0 Å². The zero-order valence-electron chi connectivity index (χ0n) is 5.34. The molecule has 0 spiro atoms. The molecular formula is C8H10O. The number of hydrogen-bond donors (Lipinski definition) is 0. The second-order valence-electron chi connectivity index (χ2n) is 3.03. The van der Waals surface area contributed by atoms with Crippen LogP contribution in [0.1, 0.15) is 19.3 Å². The van der Waals surface area contributed by atoms with Gasteiger partial charge in [-0.15, -0.1) is 0 Å². The fourth-order valence-electron chi connectivity index (χ4n) is 1.77. The van der Waals surface area contributed by atoms with Crippen molar-refractivity contribution in [3.05, 3.63) is 11.6 Å². The van der Waals surface area contributed by atoms with E-state index in [-0.39, 0.29) is 0 Å². The summed E-state index contributed by atoms with van der Waals surface area (Å²) in [4.78, 5) is 10.4. The maximum absolute atomic E-state index is 10.4.